The highest BCUT2D eigenvalue weighted by atomic mass is 32.2. The SMILES string of the molecule is CCCCCC/C=C/[C@H]1[C@H](O)CC(=O)[C@@H]1C/C=C\CCCC(=O)NCCOCCOCCOCCOCCOCCOCCOCCOCCOCCOCCOCCNC(=O)CCCCC1SCC2NC(=O)N[C@@H]21. The summed E-state index contributed by atoms with van der Waals surface area (Å²) < 4.78 is 60.8. The molecule has 21 heteroatoms. The average molecular weight is 1090 g/mol. The lowest BCUT2D eigenvalue weighted by Crippen LogP contribution is -2.36. The van der Waals surface area contributed by atoms with Gasteiger partial charge in [0.1, 0.15) is 5.78 Å². The molecule has 2 saturated heterocycles. The number of rotatable bonds is 53. The summed E-state index contributed by atoms with van der Waals surface area (Å²) >= 11 is 1.90. The first-order valence-corrected chi connectivity index (χ1v) is 29.0. The fraction of sp³-hybridized carbons (Fsp3) is 0.852. The van der Waals surface area contributed by atoms with Gasteiger partial charge in [0.2, 0.25) is 11.8 Å². The number of amides is 4. The number of aliphatic hydroxyl groups excluding tert-OH is 1. The van der Waals surface area contributed by atoms with E-state index in [0.29, 0.717) is 183 Å². The molecule has 3 rings (SSSR count). The summed E-state index contributed by atoms with van der Waals surface area (Å²) in [4.78, 5) is 48.2. The lowest BCUT2D eigenvalue weighted by atomic mass is 9.90. The lowest BCUT2D eigenvalue weighted by molar-refractivity contribution is -0.122. The molecule has 2 heterocycles. The summed E-state index contributed by atoms with van der Waals surface area (Å²) in [5, 5.41) is 22.5. The standard InChI is InChI=1S/C54H96N4O16S/c1-2-3-4-5-6-9-14-45-46(49(60)43-48(45)59)15-10-7-8-11-17-51(61)55-19-21-64-23-25-66-27-29-68-31-33-70-35-37-72-39-41-74-42-40-73-38-36-71-34-32-69-30-28-67-26-24-65-22-20-56-52(62)18-13-12-16-50-53-47(44-75-50)57-54(63)58-53/h7,9-10,14,45-48,50,53,59H,2-6,8,11-13,15-44H2,1H3,(H,55,61)(H,56,62)(H2,57,58,63)/b10-7-,14-9+/t45-,46-,47?,48-,50?,53+/m1/s1. The molecule has 1 aliphatic carbocycles. The number of Topliss-reactive ketones (excluding diaryl/α,β-unsaturated/α-hetero) is 1. The molecule has 4 amide bonds. The van der Waals surface area contributed by atoms with Crippen molar-refractivity contribution in [3.8, 4) is 0 Å². The smallest absolute Gasteiger partial charge is 0.315 e. The first-order valence-electron chi connectivity index (χ1n) is 28.0. The van der Waals surface area contributed by atoms with Gasteiger partial charge in [-0.05, 0) is 44.9 Å². The van der Waals surface area contributed by atoms with Crippen LogP contribution in [0.3, 0.4) is 0 Å². The number of carbonyl (C=O) groups is 4. The summed E-state index contributed by atoms with van der Waals surface area (Å²) in [5.41, 5.74) is 0. The molecule has 2 unspecified atom stereocenters. The molecule has 0 bridgehead atoms. The molecule has 0 aromatic heterocycles. The van der Waals surface area contributed by atoms with Crippen LogP contribution >= 0.6 is 11.8 Å². The van der Waals surface area contributed by atoms with Gasteiger partial charge >= 0.3 is 6.03 Å². The van der Waals surface area contributed by atoms with E-state index in [1.54, 1.807) is 0 Å². The Labute approximate surface area is 452 Å². The third kappa shape index (κ3) is 35.4. The van der Waals surface area contributed by atoms with E-state index in [9.17, 15) is 24.3 Å². The van der Waals surface area contributed by atoms with E-state index in [-0.39, 0.29) is 54.0 Å². The van der Waals surface area contributed by atoms with Crippen LogP contribution in [0.4, 0.5) is 4.79 Å². The molecule has 3 fully saturated rings. The van der Waals surface area contributed by atoms with Crippen molar-refractivity contribution in [1.82, 2.24) is 21.3 Å². The predicted octanol–water partition coefficient (Wildman–Crippen LogP) is 4.34. The molecule has 0 radical (unpaired) electrons. The summed E-state index contributed by atoms with van der Waals surface area (Å²) in [6.45, 7) is 13.3. The van der Waals surface area contributed by atoms with Crippen LogP contribution in [0, 0.1) is 11.8 Å². The van der Waals surface area contributed by atoms with Gasteiger partial charge in [-0.1, -0.05) is 56.9 Å². The number of hydrogen-bond acceptors (Lipinski definition) is 17. The molecule has 0 spiro atoms. The van der Waals surface area contributed by atoms with Crippen molar-refractivity contribution in [1.29, 1.82) is 0 Å². The number of thioether (sulfide) groups is 1. The van der Waals surface area contributed by atoms with Gasteiger partial charge in [-0.2, -0.15) is 11.8 Å². The minimum atomic E-state index is -0.587. The molecule has 434 valence electrons. The molecule has 20 nitrogen and oxygen atoms in total. The number of ketones is 1. The molecule has 6 atom stereocenters. The number of urea groups is 1. The number of carbonyl (C=O) groups excluding carboxylic acids is 4. The molecular weight excluding hydrogens is 993 g/mol. The zero-order chi connectivity index (χ0) is 53.5. The predicted molar refractivity (Wildman–Crippen MR) is 287 cm³/mol. The first kappa shape index (κ1) is 66.5. The zero-order valence-electron chi connectivity index (χ0n) is 45.3. The summed E-state index contributed by atoms with van der Waals surface area (Å²) in [6.07, 6.45) is 19.6. The van der Waals surface area contributed by atoms with E-state index in [4.69, 9.17) is 52.1 Å². The van der Waals surface area contributed by atoms with E-state index >= 15 is 0 Å². The van der Waals surface area contributed by atoms with Gasteiger partial charge < -0.3 is 78.5 Å². The molecule has 0 aromatic rings. The number of allylic oxidation sites excluding steroid dienone is 3. The highest BCUT2D eigenvalue weighted by Crippen LogP contribution is 2.34. The minimum Gasteiger partial charge on any atom is -0.392 e. The van der Waals surface area contributed by atoms with Crippen molar-refractivity contribution in [3.05, 3.63) is 24.3 Å². The van der Waals surface area contributed by atoms with Crippen molar-refractivity contribution in [2.75, 3.05) is 164 Å². The van der Waals surface area contributed by atoms with Crippen LogP contribution in [0.1, 0.15) is 96.8 Å². The minimum absolute atomic E-state index is 0.00861. The second-order valence-corrected chi connectivity index (χ2v) is 19.9. The maximum atomic E-state index is 12.5. The van der Waals surface area contributed by atoms with Gasteiger partial charge in [-0.3, -0.25) is 14.4 Å². The highest BCUT2D eigenvalue weighted by molar-refractivity contribution is 8.00. The van der Waals surface area contributed by atoms with Crippen LogP contribution in [-0.4, -0.2) is 216 Å². The van der Waals surface area contributed by atoms with E-state index in [0.717, 1.165) is 50.7 Å². The Bertz CT molecular complexity index is 1500. The molecule has 0 aromatic carbocycles. The Hall–Kier alpha value is -2.77. The number of fused-ring (bicyclic) bond motifs is 1. The van der Waals surface area contributed by atoms with Crippen molar-refractivity contribution >= 4 is 35.4 Å². The van der Waals surface area contributed by atoms with Gasteiger partial charge in [0, 0.05) is 55.2 Å². The number of aliphatic hydroxyl groups is 1. The molecule has 2 aliphatic heterocycles. The van der Waals surface area contributed by atoms with E-state index in [1.807, 2.05) is 23.9 Å². The van der Waals surface area contributed by atoms with Crippen molar-refractivity contribution in [2.45, 2.75) is 120 Å². The fourth-order valence-corrected chi connectivity index (χ4v) is 10.0. The van der Waals surface area contributed by atoms with Gasteiger partial charge in [-0.25, -0.2) is 4.79 Å². The van der Waals surface area contributed by atoms with Gasteiger partial charge in [-0.15, -0.1) is 0 Å². The molecule has 3 aliphatic rings. The topological polar surface area (TPSA) is 238 Å². The summed E-state index contributed by atoms with van der Waals surface area (Å²) in [6, 6.07) is 0.388. The first-order chi connectivity index (χ1) is 36.9. The fourth-order valence-electron chi connectivity index (χ4n) is 8.49. The van der Waals surface area contributed by atoms with E-state index in [1.165, 1.54) is 19.3 Å². The largest absolute Gasteiger partial charge is 0.392 e. The maximum Gasteiger partial charge on any atom is 0.315 e. The highest BCUT2D eigenvalue weighted by Gasteiger charge is 2.42. The van der Waals surface area contributed by atoms with Crippen LogP contribution in [0.2, 0.25) is 0 Å². The Morgan fingerprint density at radius 1 is 0.560 bits per heavy atom. The second-order valence-electron chi connectivity index (χ2n) is 18.6. The van der Waals surface area contributed by atoms with Crippen LogP contribution in [0.25, 0.3) is 0 Å². The van der Waals surface area contributed by atoms with Crippen molar-refractivity contribution in [3.63, 3.8) is 0 Å². The van der Waals surface area contributed by atoms with E-state index in [2.05, 4.69) is 40.3 Å². The average Bonchev–Trinajstić information content (AvgIpc) is 4.05. The Morgan fingerprint density at radius 3 is 1.49 bits per heavy atom. The Kier molecular flexibility index (Phi) is 41.9. The number of unbranched alkanes of at least 4 members (excludes halogenated alkanes) is 6. The molecule has 1 saturated carbocycles. The number of hydrogen-bond donors (Lipinski definition) is 5. The maximum absolute atomic E-state index is 12.5. The second kappa shape index (κ2) is 47.2. The van der Waals surface area contributed by atoms with Crippen LogP contribution < -0.4 is 21.3 Å². The summed E-state index contributed by atoms with van der Waals surface area (Å²) in [5.74, 6) is 0.856. The quantitative estimate of drug-likeness (QED) is 0.0324. The van der Waals surface area contributed by atoms with Gasteiger partial charge in [0.05, 0.1) is 164 Å². The lowest BCUT2D eigenvalue weighted by Gasteiger charge is -2.16. The Morgan fingerprint density at radius 2 is 1.01 bits per heavy atom. The molecular formula is C54H96N4O16S. The zero-order valence-corrected chi connectivity index (χ0v) is 46.1. The Balaban J connectivity index is 0.908. The van der Waals surface area contributed by atoms with Crippen LogP contribution in [0.15, 0.2) is 24.3 Å². The number of ether oxygens (including phenoxy) is 11. The third-order valence-corrected chi connectivity index (χ3v) is 14.1. The monoisotopic (exact) mass is 1090 g/mol. The normalized spacial score (nSPS) is 20.4. The van der Waals surface area contributed by atoms with Crippen LogP contribution in [-0.2, 0) is 66.5 Å². The van der Waals surface area contributed by atoms with Crippen LogP contribution in [0.5, 0.6) is 0 Å². The number of nitrogens with one attached hydrogen (secondary N) is 4. The molecule has 5 N–H and O–H groups in total. The van der Waals surface area contributed by atoms with Crippen molar-refractivity contribution < 1.29 is 76.4 Å². The van der Waals surface area contributed by atoms with Crippen molar-refractivity contribution in [2.24, 2.45) is 11.8 Å². The summed E-state index contributed by atoms with van der Waals surface area (Å²) in [7, 11) is 0. The van der Waals surface area contributed by atoms with E-state index < -0.39 is 6.10 Å². The van der Waals surface area contributed by atoms with Gasteiger partial charge in [0.25, 0.3) is 0 Å². The third-order valence-electron chi connectivity index (χ3n) is 12.6. The molecule has 75 heavy (non-hydrogen) atoms. The van der Waals surface area contributed by atoms with Gasteiger partial charge in [0.15, 0.2) is 0 Å².